The van der Waals surface area contributed by atoms with Crippen molar-refractivity contribution in [2.24, 2.45) is 5.10 Å². The maximum absolute atomic E-state index is 13.4. The normalized spacial score (nSPS) is 11.2. The van der Waals surface area contributed by atoms with Crippen LogP contribution in [0.2, 0.25) is 5.02 Å². The Morgan fingerprint density at radius 3 is 2.21 bits per heavy atom. The highest BCUT2D eigenvalue weighted by Crippen LogP contribution is 2.28. The van der Waals surface area contributed by atoms with E-state index >= 15 is 0 Å². The van der Waals surface area contributed by atoms with Gasteiger partial charge in [-0.15, -0.1) is 0 Å². The van der Waals surface area contributed by atoms with Crippen molar-refractivity contribution in [1.29, 1.82) is 0 Å². The Bertz CT molecular complexity index is 1590. The van der Waals surface area contributed by atoms with Crippen LogP contribution in [0, 0.1) is 6.92 Å². The third-order valence-electron chi connectivity index (χ3n) is 5.56. The molecule has 198 valence electrons. The number of esters is 1. The maximum atomic E-state index is 13.4. The van der Waals surface area contributed by atoms with Crippen LogP contribution >= 0.6 is 11.6 Å². The fourth-order valence-electron chi connectivity index (χ4n) is 3.48. The number of hydrazone groups is 1. The lowest BCUT2D eigenvalue weighted by Crippen LogP contribution is -2.39. The van der Waals surface area contributed by atoms with Gasteiger partial charge in [0.05, 0.1) is 22.4 Å². The largest absolute Gasteiger partial charge is 0.423 e. The number of nitrogens with one attached hydrogen (secondary N) is 1. The molecule has 0 aliphatic rings. The molecule has 0 aliphatic carbocycles. The van der Waals surface area contributed by atoms with Gasteiger partial charge in [0, 0.05) is 5.02 Å². The van der Waals surface area contributed by atoms with Crippen molar-refractivity contribution < 1.29 is 22.7 Å². The summed E-state index contributed by atoms with van der Waals surface area (Å²) < 4.78 is 33.1. The lowest BCUT2D eigenvalue weighted by molar-refractivity contribution is -0.119. The van der Waals surface area contributed by atoms with E-state index in [-0.39, 0.29) is 10.6 Å². The van der Waals surface area contributed by atoms with Gasteiger partial charge in [0.15, 0.2) is 0 Å². The summed E-state index contributed by atoms with van der Waals surface area (Å²) >= 11 is 6.24. The minimum Gasteiger partial charge on any atom is -0.423 e. The van der Waals surface area contributed by atoms with Gasteiger partial charge in [-0.2, -0.15) is 5.10 Å². The van der Waals surface area contributed by atoms with Gasteiger partial charge in [0.1, 0.15) is 12.3 Å². The molecule has 4 aromatic rings. The average Bonchev–Trinajstić information content (AvgIpc) is 2.95. The molecule has 0 unspecified atom stereocenters. The van der Waals surface area contributed by atoms with Gasteiger partial charge >= 0.3 is 5.97 Å². The van der Waals surface area contributed by atoms with Crippen LogP contribution in [0.3, 0.4) is 0 Å². The Morgan fingerprint density at radius 1 is 0.923 bits per heavy atom. The quantitative estimate of drug-likeness (QED) is 0.131. The fraction of sp³-hybridized carbons (Fsp3) is 0.0690. The maximum Gasteiger partial charge on any atom is 0.343 e. The van der Waals surface area contributed by atoms with E-state index in [1.54, 1.807) is 85.8 Å². The molecule has 1 N–H and O–H groups in total. The SMILES string of the molecule is Cc1ccc(N(CC(=O)N/N=C\c2ccc(OC(=O)c3ccccc3)cc2)S(=O)(=O)c2ccccc2)cc1Cl. The van der Waals surface area contributed by atoms with Gasteiger partial charge in [0.2, 0.25) is 0 Å². The molecule has 0 atom stereocenters. The molecule has 0 radical (unpaired) electrons. The van der Waals surface area contributed by atoms with Gasteiger partial charge in [0.25, 0.3) is 15.9 Å². The number of aryl methyl sites for hydroxylation is 1. The second-order valence-electron chi connectivity index (χ2n) is 8.38. The minimum atomic E-state index is -4.07. The predicted octanol–water partition coefficient (Wildman–Crippen LogP) is 5.21. The van der Waals surface area contributed by atoms with Gasteiger partial charge < -0.3 is 4.74 Å². The molecular weight excluding hydrogens is 538 g/mol. The second-order valence-corrected chi connectivity index (χ2v) is 10.6. The lowest BCUT2D eigenvalue weighted by Gasteiger charge is -2.24. The Morgan fingerprint density at radius 2 is 1.56 bits per heavy atom. The Hall–Kier alpha value is -4.47. The average molecular weight is 562 g/mol. The van der Waals surface area contributed by atoms with Crippen LogP contribution in [0.5, 0.6) is 5.75 Å². The van der Waals surface area contributed by atoms with Crippen molar-refractivity contribution in [3.8, 4) is 5.75 Å². The van der Waals surface area contributed by atoms with Crippen LogP contribution < -0.4 is 14.5 Å². The Balaban J connectivity index is 1.43. The number of halogens is 1. The number of ether oxygens (including phenoxy) is 1. The standard InChI is InChI=1S/C29H24ClN3O5S/c1-21-12-15-24(18-27(21)30)33(39(36,37)26-10-6-3-7-11-26)20-28(34)32-31-19-22-13-16-25(17-14-22)38-29(35)23-8-4-2-5-9-23/h2-19H,20H2,1H3,(H,32,34)/b31-19-. The number of amides is 1. The molecule has 8 nitrogen and oxygen atoms in total. The van der Waals surface area contributed by atoms with Gasteiger partial charge in [-0.3, -0.25) is 9.10 Å². The third-order valence-corrected chi connectivity index (χ3v) is 7.76. The van der Waals surface area contributed by atoms with E-state index < -0.39 is 28.4 Å². The summed E-state index contributed by atoms with van der Waals surface area (Å²) in [6.07, 6.45) is 1.39. The summed E-state index contributed by atoms with van der Waals surface area (Å²) in [5, 5.41) is 4.31. The van der Waals surface area contributed by atoms with Crippen molar-refractivity contribution in [2.45, 2.75) is 11.8 Å². The van der Waals surface area contributed by atoms with E-state index in [9.17, 15) is 18.0 Å². The molecule has 0 fully saturated rings. The zero-order valence-corrected chi connectivity index (χ0v) is 22.4. The van der Waals surface area contributed by atoms with E-state index in [4.69, 9.17) is 16.3 Å². The highest BCUT2D eigenvalue weighted by atomic mass is 35.5. The van der Waals surface area contributed by atoms with Crippen LogP contribution in [0.4, 0.5) is 5.69 Å². The number of rotatable bonds is 9. The molecule has 10 heteroatoms. The number of anilines is 1. The highest BCUT2D eigenvalue weighted by Gasteiger charge is 2.27. The highest BCUT2D eigenvalue weighted by molar-refractivity contribution is 7.92. The van der Waals surface area contributed by atoms with Crippen LogP contribution in [-0.2, 0) is 14.8 Å². The van der Waals surface area contributed by atoms with Crippen molar-refractivity contribution in [3.05, 3.63) is 125 Å². The predicted molar refractivity (Wildman–Crippen MR) is 151 cm³/mol. The molecule has 0 saturated heterocycles. The summed E-state index contributed by atoms with van der Waals surface area (Å²) in [4.78, 5) is 25.0. The van der Waals surface area contributed by atoms with Crippen molar-refractivity contribution in [2.75, 3.05) is 10.8 Å². The van der Waals surface area contributed by atoms with Crippen molar-refractivity contribution >= 4 is 45.4 Å². The zero-order valence-electron chi connectivity index (χ0n) is 20.8. The molecule has 1 amide bonds. The van der Waals surface area contributed by atoms with E-state index in [1.807, 2.05) is 6.07 Å². The second kappa shape index (κ2) is 12.4. The van der Waals surface area contributed by atoms with E-state index in [0.29, 0.717) is 21.9 Å². The molecule has 0 aliphatic heterocycles. The summed E-state index contributed by atoms with van der Waals surface area (Å²) in [5.41, 5.74) is 4.42. The first-order valence-corrected chi connectivity index (χ1v) is 13.6. The molecular formula is C29H24ClN3O5S. The number of carbonyl (C=O) groups excluding carboxylic acids is 2. The van der Waals surface area contributed by atoms with E-state index in [2.05, 4.69) is 10.5 Å². The summed E-state index contributed by atoms with van der Waals surface area (Å²) in [6, 6.07) is 27.7. The molecule has 0 aromatic heterocycles. The smallest absolute Gasteiger partial charge is 0.343 e. The summed E-state index contributed by atoms with van der Waals surface area (Å²) in [6.45, 7) is 1.27. The first-order chi connectivity index (χ1) is 18.7. The monoisotopic (exact) mass is 561 g/mol. The molecule has 0 spiro atoms. The molecule has 39 heavy (non-hydrogen) atoms. The van der Waals surface area contributed by atoms with Crippen molar-refractivity contribution in [1.82, 2.24) is 5.43 Å². The van der Waals surface area contributed by atoms with Crippen LogP contribution in [-0.4, -0.2) is 33.1 Å². The van der Waals surface area contributed by atoms with Crippen LogP contribution in [0.25, 0.3) is 0 Å². The minimum absolute atomic E-state index is 0.0334. The Kier molecular flexibility index (Phi) is 8.75. The lowest BCUT2D eigenvalue weighted by atomic mass is 10.2. The zero-order chi connectivity index (χ0) is 27.8. The van der Waals surface area contributed by atoms with Crippen LogP contribution in [0.1, 0.15) is 21.5 Å². The van der Waals surface area contributed by atoms with Gasteiger partial charge in [-0.05, 0) is 78.7 Å². The first kappa shape index (κ1) is 27.6. The number of carbonyl (C=O) groups is 2. The third kappa shape index (κ3) is 7.10. The molecule has 0 bridgehead atoms. The van der Waals surface area contributed by atoms with Gasteiger partial charge in [-0.1, -0.05) is 54.1 Å². The molecule has 0 heterocycles. The van der Waals surface area contributed by atoms with Crippen molar-refractivity contribution in [3.63, 3.8) is 0 Å². The van der Waals surface area contributed by atoms with E-state index in [1.165, 1.54) is 24.4 Å². The van der Waals surface area contributed by atoms with Crippen LogP contribution in [0.15, 0.2) is 113 Å². The van der Waals surface area contributed by atoms with E-state index in [0.717, 1.165) is 9.87 Å². The number of hydrogen-bond donors (Lipinski definition) is 1. The fourth-order valence-corrected chi connectivity index (χ4v) is 5.09. The summed E-state index contributed by atoms with van der Waals surface area (Å²) in [5.74, 6) is -0.784. The Labute approximate surface area is 231 Å². The number of benzene rings is 4. The molecule has 0 saturated carbocycles. The first-order valence-electron chi connectivity index (χ1n) is 11.8. The number of sulfonamides is 1. The topological polar surface area (TPSA) is 105 Å². The molecule has 4 aromatic carbocycles. The number of hydrogen-bond acceptors (Lipinski definition) is 6. The molecule has 4 rings (SSSR count). The van der Waals surface area contributed by atoms with Gasteiger partial charge in [-0.25, -0.2) is 18.6 Å². The number of nitrogens with zero attached hydrogens (tertiary/aromatic N) is 2. The summed E-state index contributed by atoms with van der Waals surface area (Å²) in [7, 11) is -4.07.